The van der Waals surface area contributed by atoms with Gasteiger partial charge in [0.25, 0.3) is 0 Å². The molecule has 2 aromatic carbocycles. The molecular weight excluding hydrogens is 392 g/mol. The first-order chi connectivity index (χ1) is 14.6. The normalized spacial score (nSPS) is 15.0. The lowest BCUT2D eigenvalue weighted by atomic mass is 9.95. The molecule has 31 heavy (non-hydrogen) atoms. The molecule has 0 spiro atoms. The predicted molar refractivity (Wildman–Crippen MR) is 124 cm³/mol. The summed E-state index contributed by atoms with van der Waals surface area (Å²) in [5, 5.41) is 8.19. The lowest BCUT2D eigenvalue weighted by Crippen LogP contribution is -2.28. The molecule has 0 bridgehead atoms. The second-order valence-corrected chi connectivity index (χ2v) is 8.25. The number of nitrogens with zero attached hydrogens (tertiary/aromatic N) is 5. The number of carbonyl (C=O) groups is 2. The summed E-state index contributed by atoms with van der Waals surface area (Å²) >= 11 is 0. The first kappa shape index (κ1) is 21.7. The Bertz CT molecular complexity index is 1120. The number of nitrogens with one attached hydrogen (secondary N) is 1. The molecule has 0 atom stereocenters. The fraction of sp³-hybridized carbons (Fsp3) is 0.261. The maximum absolute atomic E-state index is 13.0. The Labute approximate surface area is 181 Å². The van der Waals surface area contributed by atoms with Crippen LogP contribution in [-0.2, 0) is 9.59 Å². The van der Waals surface area contributed by atoms with Crippen LogP contribution in [0, 0.1) is 12.0 Å². The Kier molecular flexibility index (Phi) is 5.88. The van der Waals surface area contributed by atoms with Crippen molar-refractivity contribution in [3.05, 3.63) is 59.9 Å². The highest BCUT2D eigenvalue weighted by atomic mass is 16.2. The molecule has 158 valence electrons. The van der Waals surface area contributed by atoms with Gasteiger partial charge in [-0.1, -0.05) is 45.5 Å². The van der Waals surface area contributed by atoms with E-state index in [1.54, 1.807) is 36.4 Å². The number of amidine groups is 1. The number of hydrogen-bond acceptors (Lipinski definition) is 5. The Morgan fingerprint density at radius 2 is 1.84 bits per heavy atom. The standard InChI is InChI=1S/C23H24N6O2/c1-23(2,3)22(31)26-18-14-16(28(5)6)12-13-17(18)25-19-20(24-4)27-29(21(19)30)15-10-8-7-9-11-15/h7-14H,1-3,5-6H3,(H,26,31). The van der Waals surface area contributed by atoms with Crippen LogP contribution < -0.4 is 15.2 Å². The zero-order valence-corrected chi connectivity index (χ0v) is 18.2. The second kappa shape index (κ2) is 8.40. The van der Waals surface area contributed by atoms with Gasteiger partial charge in [-0.2, -0.15) is 0 Å². The summed E-state index contributed by atoms with van der Waals surface area (Å²) in [5.41, 5.74) is 1.54. The van der Waals surface area contributed by atoms with Gasteiger partial charge in [0.15, 0.2) is 5.71 Å². The van der Waals surface area contributed by atoms with Crippen molar-refractivity contribution in [3.63, 3.8) is 0 Å². The van der Waals surface area contributed by atoms with Crippen molar-refractivity contribution in [2.24, 2.45) is 15.5 Å². The van der Waals surface area contributed by atoms with E-state index in [-0.39, 0.29) is 17.5 Å². The minimum Gasteiger partial charge on any atom is -0.378 e. The van der Waals surface area contributed by atoms with Gasteiger partial charge in [0.2, 0.25) is 5.91 Å². The summed E-state index contributed by atoms with van der Waals surface area (Å²) in [6.45, 7) is 12.9. The van der Waals surface area contributed by atoms with Crippen molar-refractivity contribution >= 4 is 46.1 Å². The van der Waals surface area contributed by atoms with E-state index >= 15 is 0 Å². The molecule has 8 heteroatoms. The number of benzene rings is 2. The Morgan fingerprint density at radius 3 is 2.42 bits per heavy atom. The van der Waals surface area contributed by atoms with Crippen molar-refractivity contribution in [1.29, 1.82) is 0 Å². The summed E-state index contributed by atoms with van der Waals surface area (Å²) in [5.74, 6) is -0.784. The molecule has 0 saturated carbocycles. The van der Waals surface area contributed by atoms with Gasteiger partial charge in [-0.3, -0.25) is 14.6 Å². The number of hydrazone groups is 1. The van der Waals surface area contributed by atoms with E-state index in [1.807, 2.05) is 51.9 Å². The van der Waals surface area contributed by atoms with E-state index < -0.39 is 11.3 Å². The van der Waals surface area contributed by atoms with Crippen molar-refractivity contribution in [3.8, 4) is 0 Å². The average molecular weight is 416 g/mol. The number of carbonyl (C=O) groups excluding carboxylic acids is 2. The Balaban J connectivity index is 2.06. The maximum Gasteiger partial charge on any atom is 0.325 e. The third kappa shape index (κ3) is 4.61. The summed E-state index contributed by atoms with van der Waals surface area (Å²) in [7, 11) is 3.77. The highest BCUT2D eigenvalue weighted by Crippen LogP contribution is 2.32. The van der Waals surface area contributed by atoms with Gasteiger partial charge in [-0.15, -0.1) is 5.01 Å². The molecule has 2 amide bonds. The van der Waals surface area contributed by atoms with Gasteiger partial charge in [0.05, 0.1) is 17.1 Å². The van der Waals surface area contributed by atoms with Crippen LogP contribution in [0.25, 0.3) is 4.85 Å². The monoisotopic (exact) mass is 416 g/mol. The van der Waals surface area contributed by atoms with Crippen LogP contribution >= 0.6 is 0 Å². The van der Waals surface area contributed by atoms with Gasteiger partial charge < -0.3 is 15.1 Å². The van der Waals surface area contributed by atoms with E-state index in [9.17, 15) is 9.59 Å². The van der Waals surface area contributed by atoms with Gasteiger partial charge >= 0.3 is 11.7 Å². The molecular formula is C23H24N6O2. The van der Waals surface area contributed by atoms with Crippen molar-refractivity contribution in [2.45, 2.75) is 20.8 Å². The first-order valence-corrected chi connectivity index (χ1v) is 9.69. The molecule has 8 nitrogen and oxygen atoms in total. The highest BCUT2D eigenvalue weighted by Gasteiger charge is 2.36. The van der Waals surface area contributed by atoms with Gasteiger partial charge in [-0.05, 0) is 35.4 Å². The number of hydrogen-bond donors (Lipinski definition) is 1. The van der Waals surface area contributed by atoms with Gasteiger partial charge in [0.1, 0.15) is 0 Å². The molecule has 0 aliphatic carbocycles. The molecule has 0 saturated heterocycles. The number of para-hydroxylation sites is 1. The molecule has 1 N–H and O–H groups in total. The lowest BCUT2D eigenvalue weighted by molar-refractivity contribution is -0.123. The number of anilines is 3. The number of rotatable bonds is 4. The van der Waals surface area contributed by atoms with Gasteiger partial charge in [-0.25, -0.2) is 0 Å². The van der Waals surface area contributed by atoms with Crippen molar-refractivity contribution in [2.75, 3.05) is 29.3 Å². The molecule has 0 aromatic heterocycles. The number of amides is 2. The van der Waals surface area contributed by atoms with Crippen LogP contribution in [0.1, 0.15) is 20.8 Å². The average Bonchev–Trinajstić information content (AvgIpc) is 3.04. The summed E-state index contributed by atoms with van der Waals surface area (Å²) in [6.07, 6.45) is 0. The minimum atomic E-state index is -0.616. The van der Waals surface area contributed by atoms with Crippen LogP contribution in [-0.4, -0.2) is 37.5 Å². The van der Waals surface area contributed by atoms with Crippen molar-refractivity contribution in [1.82, 2.24) is 0 Å². The second-order valence-electron chi connectivity index (χ2n) is 8.25. The predicted octanol–water partition coefficient (Wildman–Crippen LogP) is 4.09. The smallest absolute Gasteiger partial charge is 0.325 e. The molecule has 2 aromatic rings. The van der Waals surface area contributed by atoms with Crippen LogP contribution in [0.3, 0.4) is 0 Å². The zero-order chi connectivity index (χ0) is 22.8. The van der Waals surface area contributed by atoms with Gasteiger partial charge in [0, 0.05) is 25.2 Å². The Hall–Kier alpha value is -3.99. The molecule has 3 rings (SSSR count). The fourth-order valence-corrected chi connectivity index (χ4v) is 2.73. The largest absolute Gasteiger partial charge is 0.378 e. The summed E-state index contributed by atoms with van der Waals surface area (Å²) in [6, 6.07) is 14.2. The first-order valence-electron chi connectivity index (χ1n) is 9.69. The minimum absolute atomic E-state index is 0.0669. The highest BCUT2D eigenvalue weighted by molar-refractivity contribution is 6.73. The van der Waals surface area contributed by atoms with Crippen LogP contribution in [0.4, 0.5) is 22.7 Å². The SMILES string of the molecule is [C-]#[N+]C1=NN(c2ccccc2)C(=O)C1=Nc1ccc(N(C)C)cc1NC(=O)C(C)(C)C. The van der Waals surface area contributed by atoms with Crippen LogP contribution in [0.5, 0.6) is 0 Å². The van der Waals surface area contributed by atoms with Crippen molar-refractivity contribution < 1.29 is 9.59 Å². The van der Waals surface area contributed by atoms with E-state index in [0.717, 1.165) is 10.7 Å². The molecule has 0 fully saturated rings. The summed E-state index contributed by atoms with van der Waals surface area (Å²) < 4.78 is 0. The van der Waals surface area contributed by atoms with E-state index in [4.69, 9.17) is 6.57 Å². The topological polar surface area (TPSA) is 81.7 Å². The quantitative estimate of drug-likeness (QED) is 0.762. The molecule has 0 radical (unpaired) electrons. The third-order valence-corrected chi connectivity index (χ3v) is 4.57. The zero-order valence-electron chi connectivity index (χ0n) is 18.2. The Morgan fingerprint density at radius 1 is 1.16 bits per heavy atom. The van der Waals surface area contributed by atoms with Crippen LogP contribution in [0.2, 0.25) is 0 Å². The lowest BCUT2D eigenvalue weighted by Gasteiger charge is -2.20. The van der Waals surface area contributed by atoms with E-state index in [0.29, 0.717) is 17.1 Å². The van der Waals surface area contributed by atoms with E-state index in [1.165, 1.54) is 0 Å². The molecule has 1 aliphatic heterocycles. The maximum atomic E-state index is 13.0. The molecule has 0 unspecified atom stereocenters. The molecule has 1 aliphatic rings. The summed E-state index contributed by atoms with van der Waals surface area (Å²) in [4.78, 5) is 35.3. The molecule has 1 heterocycles. The number of aliphatic imine (C=N–C) groups is 1. The fourth-order valence-electron chi connectivity index (χ4n) is 2.73. The van der Waals surface area contributed by atoms with E-state index in [2.05, 4.69) is 20.3 Å². The third-order valence-electron chi connectivity index (χ3n) is 4.57. The van der Waals surface area contributed by atoms with Crippen LogP contribution in [0.15, 0.2) is 58.6 Å².